The summed E-state index contributed by atoms with van der Waals surface area (Å²) in [6.07, 6.45) is 1.35. The highest BCUT2D eigenvalue weighted by molar-refractivity contribution is 7.47. The van der Waals surface area contributed by atoms with Gasteiger partial charge in [0.25, 0.3) is 0 Å². The van der Waals surface area contributed by atoms with Gasteiger partial charge in [-0.1, -0.05) is 6.58 Å². The SMILES string of the molecule is C=CC(=O)OCCCOP(=O)(O)OC. The first kappa shape index (κ1) is 13.3. The highest BCUT2D eigenvalue weighted by atomic mass is 31.2. The third-order valence-electron chi connectivity index (χ3n) is 1.18. The normalized spacial score (nSPS) is 14.4. The second-order valence-electron chi connectivity index (χ2n) is 2.21. The third-order valence-corrected chi connectivity index (χ3v) is 2.16. The van der Waals surface area contributed by atoms with E-state index in [-0.39, 0.29) is 13.2 Å². The molecule has 1 N–H and O–H groups in total. The summed E-state index contributed by atoms with van der Waals surface area (Å²) in [5.41, 5.74) is 0. The Hall–Kier alpha value is -0.680. The second kappa shape index (κ2) is 6.73. The van der Waals surface area contributed by atoms with E-state index in [1.54, 1.807) is 0 Å². The number of hydrogen-bond donors (Lipinski definition) is 1. The van der Waals surface area contributed by atoms with Gasteiger partial charge in [0.2, 0.25) is 0 Å². The van der Waals surface area contributed by atoms with Crippen molar-refractivity contribution in [3.8, 4) is 0 Å². The van der Waals surface area contributed by atoms with Gasteiger partial charge in [-0.3, -0.25) is 9.05 Å². The molecule has 0 aromatic rings. The van der Waals surface area contributed by atoms with Gasteiger partial charge in [0, 0.05) is 19.6 Å². The molecular formula is C7H13O6P. The van der Waals surface area contributed by atoms with Gasteiger partial charge >= 0.3 is 13.8 Å². The molecule has 0 radical (unpaired) electrons. The summed E-state index contributed by atoms with van der Waals surface area (Å²) in [4.78, 5) is 19.3. The van der Waals surface area contributed by atoms with E-state index in [9.17, 15) is 9.36 Å². The lowest BCUT2D eigenvalue weighted by atomic mass is 10.5. The fourth-order valence-corrected chi connectivity index (χ4v) is 0.988. The quantitative estimate of drug-likeness (QED) is 0.299. The molecule has 0 bridgehead atoms. The van der Waals surface area contributed by atoms with Crippen LogP contribution < -0.4 is 0 Å². The van der Waals surface area contributed by atoms with E-state index in [1.165, 1.54) is 0 Å². The first-order chi connectivity index (χ1) is 6.52. The van der Waals surface area contributed by atoms with Crippen LogP contribution in [0.25, 0.3) is 0 Å². The van der Waals surface area contributed by atoms with Crippen LogP contribution in [-0.2, 0) is 23.1 Å². The molecule has 0 heterocycles. The average molecular weight is 224 g/mol. The predicted octanol–water partition coefficient (Wildman–Crippen LogP) is 0.869. The van der Waals surface area contributed by atoms with E-state index in [1.807, 2.05) is 0 Å². The summed E-state index contributed by atoms with van der Waals surface area (Å²) >= 11 is 0. The summed E-state index contributed by atoms with van der Waals surface area (Å²) in [5.74, 6) is -0.538. The smallest absolute Gasteiger partial charge is 0.462 e. The van der Waals surface area contributed by atoms with Crippen LogP contribution >= 0.6 is 7.82 Å². The monoisotopic (exact) mass is 224 g/mol. The highest BCUT2D eigenvalue weighted by Gasteiger charge is 2.17. The molecule has 0 aromatic carbocycles. The lowest BCUT2D eigenvalue weighted by molar-refractivity contribution is -0.137. The molecule has 0 saturated carbocycles. The van der Waals surface area contributed by atoms with Crippen LogP contribution in [0.3, 0.4) is 0 Å². The minimum Gasteiger partial charge on any atom is -0.462 e. The fourth-order valence-electron chi connectivity index (χ4n) is 0.523. The van der Waals surface area contributed by atoms with Gasteiger partial charge in [0.1, 0.15) is 0 Å². The average Bonchev–Trinajstić information content (AvgIpc) is 2.17. The van der Waals surface area contributed by atoms with Crippen molar-refractivity contribution < 1.29 is 28.0 Å². The molecule has 1 atom stereocenters. The first-order valence-electron chi connectivity index (χ1n) is 3.84. The number of carbonyl (C=O) groups excluding carboxylic acids is 1. The van der Waals surface area contributed by atoms with Crippen molar-refractivity contribution in [2.45, 2.75) is 6.42 Å². The van der Waals surface area contributed by atoms with Crippen molar-refractivity contribution in [2.24, 2.45) is 0 Å². The molecule has 1 unspecified atom stereocenters. The third kappa shape index (κ3) is 6.80. The van der Waals surface area contributed by atoms with Gasteiger partial charge in [-0.25, -0.2) is 9.36 Å². The number of phosphoric ester groups is 1. The topological polar surface area (TPSA) is 82.1 Å². The molecule has 0 aromatic heterocycles. The Bertz CT molecular complexity index is 238. The maximum atomic E-state index is 10.7. The van der Waals surface area contributed by atoms with Gasteiger partial charge in [0.05, 0.1) is 13.2 Å². The van der Waals surface area contributed by atoms with Crippen molar-refractivity contribution in [1.82, 2.24) is 0 Å². The lowest BCUT2D eigenvalue weighted by Gasteiger charge is -2.08. The van der Waals surface area contributed by atoms with E-state index < -0.39 is 13.8 Å². The Kier molecular flexibility index (Phi) is 6.40. The highest BCUT2D eigenvalue weighted by Crippen LogP contribution is 2.41. The van der Waals surface area contributed by atoms with Gasteiger partial charge < -0.3 is 9.63 Å². The fraction of sp³-hybridized carbons (Fsp3) is 0.571. The largest absolute Gasteiger partial charge is 0.471 e. The van der Waals surface area contributed by atoms with Crippen LogP contribution in [0.4, 0.5) is 0 Å². The molecule has 0 amide bonds. The lowest BCUT2D eigenvalue weighted by Crippen LogP contribution is -2.04. The van der Waals surface area contributed by atoms with Gasteiger partial charge in [0.15, 0.2) is 0 Å². The minimum absolute atomic E-state index is 0.0218. The van der Waals surface area contributed by atoms with E-state index in [4.69, 9.17) is 4.89 Å². The van der Waals surface area contributed by atoms with Crippen LogP contribution in [0.15, 0.2) is 12.7 Å². The molecule has 0 saturated heterocycles. The standard InChI is InChI=1S/C7H13O6P/c1-3-7(8)12-5-4-6-13-14(9,10)11-2/h3H,1,4-6H2,2H3,(H,9,10). The van der Waals surface area contributed by atoms with Crippen molar-refractivity contribution >= 4 is 13.8 Å². The van der Waals surface area contributed by atoms with E-state index >= 15 is 0 Å². The summed E-state index contributed by atoms with van der Waals surface area (Å²) in [6, 6.07) is 0. The summed E-state index contributed by atoms with van der Waals surface area (Å²) in [5, 5.41) is 0. The number of carbonyl (C=O) groups is 1. The maximum Gasteiger partial charge on any atom is 0.471 e. The molecular weight excluding hydrogens is 211 g/mol. The van der Waals surface area contributed by atoms with Gasteiger partial charge in [-0.2, -0.15) is 0 Å². The molecule has 82 valence electrons. The van der Waals surface area contributed by atoms with Crippen molar-refractivity contribution in [1.29, 1.82) is 0 Å². The Balaban J connectivity index is 3.43. The summed E-state index contributed by atoms with van der Waals surface area (Å²) in [6.45, 7) is 3.29. The molecule has 0 spiro atoms. The molecule has 0 rings (SSSR count). The molecule has 6 nitrogen and oxygen atoms in total. The number of ether oxygens (including phenoxy) is 1. The Labute approximate surface area is 82.1 Å². The predicted molar refractivity (Wildman–Crippen MR) is 48.6 cm³/mol. The van der Waals surface area contributed by atoms with Crippen LogP contribution in [0.1, 0.15) is 6.42 Å². The summed E-state index contributed by atoms with van der Waals surface area (Å²) in [7, 11) is -2.84. The van der Waals surface area contributed by atoms with Gasteiger partial charge in [-0.15, -0.1) is 0 Å². The molecule has 7 heteroatoms. The zero-order valence-electron chi connectivity index (χ0n) is 7.84. The number of hydrogen-bond acceptors (Lipinski definition) is 5. The molecule has 0 aliphatic heterocycles. The van der Waals surface area contributed by atoms with Crippen LogP contribution in [0.5, 0.6) is 0 Å². The zero-order chi connectivity index (χ0) is 11.0. The van der Waals surface area contributed by atoms with Crippen molar-refractivity contribution in [3.05, 3.63) is 12.7 Å². The van der Waals surface area contributed by atoms with E-state index in [0.717, 1.165) is 13.2 Å². The van der Waals surface area contributed by atoms with Gasteiger partial charge in [-0.05, 0) is 0 Å². The van der Waals surface area contributed by atoms with Crippen molar-refractivity contribution in [2.75, 3.05) is 20.3 Å². The maximum absolute atomic E-state index is 10.7. The van der Waals surface area contributed by atoms with Crippen LogP contribution in [-0.4, -0.2) is 31.2 Å². The molecule has 0 aliphatic carbocycles. The number of phosphoric acid groups is 1. The Morgan fingerprint density at radius 3 is 2.71 bits per heavy atom. The minimum atomic E-state index is -3.90. The molecule has 0 fully saturated rings. The Morgan fingerprint density at radius 1 is 1.57 bits per heavy atom. The zero-order valence-corrected chi connectivity index (χ0v) is 8.74. The van der Waals surface area contributed by atoms with Crippen LogP contribution in [0, 0.1) is 0 Å². The van der Waals surface area contributed by atoms with E-state index in [0.29, 0.717) is 6.42 Å². The van der Waals surface area contributed by atoms with E-state index in [2.05, 4.69) is 20.4 Å². The molecule has 0 aliphatic rings. The molecule has 14 heavy (non-hydrogen) atoms. The van der Waals surface area contributed by atoms with Crippen molar-refractivity contribution in [3.63, 3.8) is 0 Å². The number of rotatable bonds is 7. The Morgan fingerprint density at radius 2 is 2.21 bits per heavy atom. The second-order valence-corrected chi connectivity index (χ2v) is 3.77. The first-order valence-corrected chi connectivity index (χ1v) is 5.33. The number of esters is 1. The van der Waals surface area contributed by atoms with Crippen LogP contribution in [0.2, 0.25) is 0 Å². The summed E-state index contributed by atoms with van der Waals surface area (Å²) < 4.78 is 23.9.